The van der Waals surface area contributed by atoms with E-state index in [1.54, 1.807) is 24.3 Å². The number of methoxy groups -OCH3 is 1. The first-order valence-electron chi connectivity index (χ1n) is 13.2. The van der Waals surface area contributed by atoms with Crippen LogP contribution in [0.5, 0.6) is 11.5 Å². The Labute approximate surface area is 255 Å². The number of thioether (sulfide) groups is 1. The number of ether oxygens (including phenoxy) is 1. The lowest BCUT2D eigenvalue weighted by molar-refractivity contribution is -0.137. The summed E-state index contributed by atoms with van der Waals surface area (Å²) < 4.78 is 48.7. The molecular formula is C30H22F3N3O6S2. The number of para-hydroxylation sites is 2. The van der Waals surface area contributed by atoms with E-state index in [4.69, 9.17) is 4.74 Å². The zero-order valence-corrected chi connectivity index (χ0v) is 24.3. The van der Waals surface area contributed by atoms with Crippen LogP contribution in [0.15, 0.2) is 82.6 Å². The van der Waals surface area contributed by atoms with Gasteiger partial charge < -0.3 is 15.2 Å². The van der Waals surface area contributed by atoms with Gasteiger partial charge in [-0.1, -0.05) is 53.4 Å². The molecular weight excluding hydrogens is 619 g/mol. The molecule has 3 aromatic carbocycles. The van der Waals surface area contributed by atoms with Crippen LogP contribution in [-0.4, -0.2) is 39.8 Å². The maximum atomic E-state index is 14.0. The van der Waals surface area contributed by atoms with Crippen LogP contribution in [0.1, 0.15) is 21.9 Å². The third-order valence-corrected chi connectivity index (χ3v) is 10.0. The highest BCUT2D eigenvalue weighted by atomic mass is 32.2. The predicted molar refractivity (Wildman–Crippen MR) is 157 cm³/mol. The largest absolute Gasteiger partial charge is 0.508 e. The molecule has 4 aromatic rings. The molecule has 44 heavy (non-hydrogen) atoms. The number of aromatic nitrogens is 1. The number of nitrogens with zero attached hydrogens (tertiary/aromatic N) is 2. The van der Waals surface area contributed by atoms with Gasteiger partial charge in [0.1, 0.15) is 23.3 Å². The zero-order chi connectivity index (χ0) is 31.3. The number of carbonyl (C=O) groups excluding carboxylic acids is 3. The molecule has 1 fully saturated rings. The van der Waals surface area contributed by atoms with E-state index in [9.17, 15) is 37.5 Å². The highest BCUT2D eigenvalue weighted by Crippen LogP contribution is 2.55. The molecule has 0 aliphatic carbocycles. The molecule has 226 valence electrons. The monoisotopic (exact) mass is 641 g/mol. The van der Waals surface area contributed by atoms with E-state index in [1.807, 2.05) is 0 Å². The van der Waals surface area contributed by atoms with E-state index >= 15 is 0 Å². The number of phenols is 1. The maximum absolute atomic E-state index is 14.0. The number of nitrogens with one attached hydrogen (secondary N) is 1. The van der Waals surface area contributed by atoms with E-state index < -0.39 is 63.7 Å². The fourth-order valence-electron chi connectivity index (χ4n) is 5.55. The van der Waals surface area contributed by atoms with Crippen molar-refractivity contribution in [3.05, 3.63) is 98.5 Å². The fraction of sp³-hybridized carbons (Fsp3) is 0.200. The van der Waals surface area contributed by atoms with Gasteiger partial charge in [-0.05, 0) is 42.5 Å². The summed E-state index contributed by atoms with van der Waals surface area (Å²) in [6.45, 7) is -0.433. The van der Waals surface area contributed by atoms with Crippen LogP contribution < -0.4 is 19.8 Å². The minimum Gasteiger partial charge on any atom is -0.508 e. The van der Waals surface area contributed by atoms with Crippen molar-refractivity contribution in [2.75, 3.05) is 17.3 Å². The second-order valence-corrected chi connectivity index (χ2v) is 12.2. The summed E-state index contributed by atoms with van der Waals surface area (Å²) >= 11 is 1.69. The van der Waals surface area contributed by atoms with E-state index in [0.717, 1.165) is 35.2 Å². The molecule has 9 nitrogen and oxygen atoms in total. The Hall–Kier alpha value is -4.56. The quantitative estimate of drug-likeness (QED) is 0.223. The van der Waals surface area contributed by atoms with Crippen LogP contribution in [0, 0.1) is 5.92 Å². The molecule has 6 rings (SSSR count). The van der Waals surface area contributed by atoms with Crippen molar-refractivity contribution in [3.63, 3.8) is 0 Å². The second-order valence-electron chi connectivity index (χ2n) is 10.0. The molecule has 3 atom stereocenters. The van der Waals surface area contributed by atoms with Crippen molar-refractivity contribution >= 4 is 52.2 Å². The number of hydrogen-bond donors (Lipinski definition) is 2. The number of benzene rings is 3. The van der Waals surface area contributed by atoms with Crippen LogP contribution in [0.3, 0.4) is 0 Å². The topological polar surface area (TPSA) is 118 Å². The van der Waals surface area contributed by atoms with E-state index in [2.05, 4.69) is 5.32 Å². The Morgan fingerprint density at radius 2 is 1.66 bits per heavy atom. The molecule has 3 heterocycles. The first-order valence-corrected chi connectivity index (χ1v) is 14.8. The fourth-order valence-corrected chi connectivity index (χ4v) is 8.31. The summed E-state index contributed by atoms with van der Waals surface area (Å²) in [4.78, 5) is 54.7. The number of imide groups is 1. The Bertz CT molecular complexity index is 1850. The lowest BCUT2D eigenvalue weighted by Gasteiger charge is -2.31. The number of rotatable bonds is 6. The number of alkyl halides is 3. The third kappa shape index (κ3) is 5.03. The number of hydrogen-bond acceptors (Lipinski definition) is 8. The number of aromatic hydroxyl groups is 1. The first kappa shape index (κ1) is 29.5. The van der Waals surface area contributed by atoms with Gasteiger partial charge in [0.25, 0.3) is 0 Å². The Balaban J connectivity index is 1.45. The summed E-state index contributed by atoms with van der Waals surface area (Å²) in [6, 6.07) is 16.8. The van der Waals surface area contributed by atoms with Gasteiger partial charge in [-0.15, -0.1) is 0 Å². The van der Waals surface area contributed by atoms with Crippen LogP contribution in [0.25, 0.3) is 0 Å². The lowest BCUT2D eigenvalue weighted by atomic mass is 9.82. The van der Waals surface area contributed by atoms with Gasteiger partial charge in [-0.2, -0.15) is 13.2 Å². The average molecular weight is 642 g/mol. The number of carbonyl (C=O) groups is 3. The van der Waals surface area contributed by atoms with Crippen molar-refractivity contribution < 1.29 is 37.4 Å². The Morgan fingerprint density at radius 3 is 2.36 bits per heavy atom. The number of phenolic OH excluding ortho intramolecular Hbond substituents is 1. The van der Waals surface area contributed by atoms with Gasteiger partial charge in [0.15, 0.2) is 0 Å². The Morgan fingerprint density at radius 1 is 0.977 bits per heavy atom. The van der Waals surface area contributed by atoms with Gasteiger partial charge in [0.2, 0.25) is 17.7 Å². The molecule has 2 aliphatic heterocycles. The minimum atomic E-state index is -4.83. The van der Waals surface area contributed by atoms with Gasteiger partial charge >= 0.3 is 11.0 Å². The van der Waals surface area contributed by atoms with E-state index in [-0.39, 0.29) is 10.8 Å². The standard InChI is InChI=1S/C30H22F3N3O6S2/c1-42-20-9-5-2-6-17(20)22-23-24(27(40)36(26(23)39)19-8-4-3-7-18(19)30(31,32)33)43-28-25(22)44-29(41)35(28)14-21(38)34-15-10-12-16(37)13-11-15/h2-13,22-24,37H,14H2,1H3,(H,34,38)/t22-,23-,24+/m0/s1. The van der Waals surface area contributed by atoms with E-state index in [1.165, 1.54) is 48.1 Å². The van der Waals surface area contributed by atoms with Gasteiger partial charge in [-0.3, -0.25) is 23.7 Å². The highest BCUT2D eigenvalue weighted by molar-refractivity contribution is 8.00. The third-order valence-electron chi connectivity index (χ3n) is 7.43. The molecule has 0 saturated carbocycles. The Kier molecular flexibility index (Phi) is 7.49. The van der Waals surface area contributed by atoms with Crippen molar-refractivity contribution in [1.82, 2.24) is 4.57 Å². The van der Waals surface area contributed by atoms with Crippen LogP contribution in [-0.2, 0) is 27.1 Å². The number of amides is 3. The number of fused-ring (bicyclic) bond motifs is 2. The SMILES string of the molecule is COc1ccccc1[C@@H]1c2sc(=O)n(CC(=O)Nc3ccc(O)cc3)c2S[C@H]2C(=O)N(c3ccccc3C(F)(F)F)C(=O)[C@@H]12. The summed E-state index contributed by atoms with van der Waals surface area (Å²) in [5.74, 6) is -3.97. The van der Waals surface area contributed by atoms with Crippen LogP contribution >= 0.6 is 23.1 Å². The molecule has 1 saturated heterocycles. The molecule has 1 aromatic heterocycles. The number of thiazole rings is 1. The highest BCUT2D eigenvalue weighted by Gasteiger charge is 2.58. The van der Waals surface area contributed by atoms with Crippen molar-refractivity contribution in [1.29, 1.82) is 0 Å². The van der Waals surface area contributed by atoms with Gasteiger partial charge in [0, 0.05) is 22.0 Å². The van der Waals surface area contributed by atoms with Gasteiger partial charge in [0.05, 0.1) is 29.3 Å². The first-order chi connectivity index (χ1) is 21.0. The molecule has 3 amide bonds. The average Bonchev–Trinajstić information content (AvgIpc) is 3.44. The molecule has 0 radical (unpaired) electrons. The van der Waals surface area contributed by atoms with Gasteiger partial charge in [-0.25, -0.2) is 4.90 Å². The molecule has 14 heteroatoms. The number of halogens is 3. The summed E-state index contributed by atoms with van der Waals surface area (Å²) in [6.07, 6.45) is -4.83. The molecule has 2 aliphatic rings. The molecule has 0 spiro atoms. The normalized spacial score (nSPS) is 19.5. The molecule has 0 unspecified atom stereocenters. The van der Waals surface area contributed by atoms with Crippen molar-refractivity contribution in [2.45, 2.75) is 28.9 Å². The van der Waals surface area contributed by atoms with Crippen molar-refractivity contribution in [2.24, 2.45) is 5.92 Å². The summed E-state index contributed by atoms with van der Waals surface area (Å²) in [5.41, 5.74) is -0.852. The summed E-state index contributed by atoms with van der Waals surface area (Å²) in [7, 11) is 1.42. The van der Waals surface area contributed by atoms with Crippen LogP contribution in [0.2, 0.25) is 0 Å². The minimum absolute atomic E-state index is 0.00198. The predicted octanol–water partition coefficient (Wildman–Crippen LogP) is 5.08. The second kappa shape index (κ2) is 11.2. The maximum Gasteiger partial charge on any atom is 0.418 e. The smallest absolute Gasteiger partial charge is 0.418 e. The summed E-state index contributed by atoms with van der Waals surface area (Å²) in [5, 5.41) is 11.2. The lowest BCUT2D eigenvalue weighted by Crippen LogP contribution is -2.33. The van der Waals surface area contributed by atoms with E-state index in [0.29, 0.717) is 26.8 Å². The molecule has 0 bridgehead atoms. The molecule has 2 N–H and O–H groups in total. The van der Waals surface area contributed by atoms with Crippen LogP contribution in [0.4, 0.5) is 24.5 Å². The number of anilines is 2. The zero-order valence-electron chi connectivity index (χ0n) is 22.7. The van der Waals surface area contributed by atoms with Crippen molar-refractivity contribution in [3.8, 4) is 11.5 Å².